The molecule has 0 fully saturated rings. The molecule has 0 amide bonds. The van der Waals surface area contributed by atoms with Gasteiger partial charge in [-0.3, -0.25) is 0 Å². The quantitative estimate of drug-likeness (QED) is 0.842. The first kappa shape index (κ1) is 10.6. The van der Waals surface area contributed by atoms with Crippen LogP contribution in [-0.4, -0.2) is 13.2 Å². The van der Waals surface area contributed by atoms with Gasteiger partial charge in [0, 0.05) is 23.2 Å². The maximum Gasteiger partial charge on any atom is 0.164 e. The first-order valence-corrected chi connectivity index (χ1v) is 5.45. The summed E-state index contributed by atoms with van der Waals surface area (Å²) >= 11 is 6.13. The van der Waals surface area contributed by atoms with E-state index < -0.39 is 0 Å². The van der Waals surface area contributed by atoms with Gasteiger partial charge in [0.1, 0.15) is 13.2 Å². The van der Waals surface area contributed by atoms with Crippen LogP contribution in [0.1, 0.15) is 18.1 Å². The van der Waals surface area contributed by atoms with Crippen LogP contribution < -0.4 is 15.2 Å². The molecule has 0 spiro atoms. The van der Waals surface area contributed by atoms with Crippen LogP contribution in [0.2, 0.25) is 5.02 Å². The molecule has 0 aliphatic carbocycles. The minimum atomic E-state index is 0.429. The van der Waals surface area contributed by atoms with E-state index in [9.17, 15) is 0 Å². The van der Waals surface area contributed by atoms with E-state index in [4.69, 9.17) is 26.8 Å². The largest absolute Gasteiger partial charge is 0.486 e. The smallest absolute Gasteiger partial charge is 0.164 e. The van der Waals surface area contributed by atoms with Gasteiger partial charge in [-0.15, -0.1) is 0 Å². The number of benzene rings is 1. The van der Waals surface area contributed by atoms with Crippen LogP contribution in [0.15, 0.2) is 6.07 Å². The maximum absolute atomic E-state index is 6.13. The van der Waals surface area contributed by atoms with Gasteiger partial charge in [-0.25, -0.2) is 0 Å². The zero-order chi connectivity index (χ0) is 10.8. The van der Waals surface area contributed by atoms with Gasteiger partial charge >= 0.3 is 0 Å². The van der Waals surface area contributed by atoms with Gasteiger partial charge in [-0.05, 0) is 12.0 Å². The lowest BCUT2D eigenvalue weighted by Gasteiger charge is -2.23. The fourth-order valence-electron chi connectivity index (χ4n) is 1.85. The van der Waals surface area contributed by atoms with E-state index in [1.165, 1.54) is 0 Å². The Hall–Kier alpha value is -0.930. The van der Waals surface area contributed by atoms with Crippen molar-refractivity contribution >= 4 is 11.6 Å². The summed E-state index contributed by atoms with van der Waals surface area (Å²) in [7, 11) is 0. The first-order valence-electron chi connectivity index (χ1n) is 5.07. The third-order valence-corrected chi connectivity index (χ3v) is 2.89. The maximum atomic E-state index is 6.13. The van der Waals surface area contributed by atoms with Crippen molar-refractivity contribution in [3.8, 4) is 11.5 Å². The van der Waals surface area contributed by atoms with Gasteiger partial charge in [0.05, 0.1) is 0 Å². The molecule has 0 aromatic heterocycles. The van der Waals surface area contributed by atoms with Gasteiger partial charge in [0.15, 0.2) is 11.5 Å². The molecule has 4 heteroatoms. The molecule has 2 rings (SSSR count). The molecular formula is C11H14ClNO2. The van der Waals surface area contributed by atoms with E-state index in [1.54, 1.807) is 6.07 Å². The van der Waals surface area contributed by atoms with E-state index in [0.29, 0.717) is 24.8 Å². The molecule has 3 nitrogen and oxygen atoms in total. The number of fused-ring (bicyclic) bond motifs is 1. The molecule has 1 aromatic carbocycles. The minimum absolute atomic E-state index is 0.429. The molecular weight excluding hydrogens is 214 g/mol. The number of hydrogen-bond donors (Lipinski definition) is 1. The Morgan fingerprint density at radius 2 is 2.07 bits per heavy atom. The molecule has 1 aromatic rings. The highest BCUT2D eigenvalue weighted by Gasteiger charge is 2.20. The molecule has 2 N–H and O–H groups in total. The summed E-state index contributed by atoms with van der Waals surface area (Å²) in [6.07, 6.45) is 0.846. The van der Waals surface area contributed by atoms with Crippen molar-refractivity contribution < 1.29 is 9.47 Å². The van der Waals surface area contributed by atoms with E-state index in [0.717, 1.165) is 29.0 Å². The van der Waals surface area contributed by atoms with E-state index in [2.05, 4.69) is 6.92 Å². The summed E-state index contributed by atoms with van der Waals surface area (Å²) in [6, 6.07) is 1.79. The Bertz CT molecular complexity index is 379. The fraction of sp³-hybridized carbons (Fsp3) is 0.455. The second-order valence-corrected chi connectivity index (χ2v) is 3.80. The average Bonchev–Trinajstić information content (AvgIpc) is 2.27. The van der Waals surface area contributed by atoms with Gasteiger partial charge in [-0.2, -0.15) is 0 Å². The topological polar surface area (TPSA) is 44.5 Å². The minimum Gasteiger partial charge on any atom is -0.486 e. The summed E-state index contributed by atoms with van der Waals surface area (Å²) in [5.74, 6) is 1.55. The van der Waals surface area contributed by atoms with E-state index in [-0.39, 0.29) is 0 Å². The van der Waals surface area contributed by atoms with Crippen LogP contribution in [0.25, 0.3) is 0 Å². The van der Waals surface area contributed by atoms with Gasteiger partial charge in [0.25, 0.3) is 0 Å². The number of nitrogens with two attached hydrogens (primary N) is 1. The monoisotopic (exact) mass is 227 g/mol. The fourth-order valence-corrected chi connectivity index (χ4v) is 2.14. The van der Waals surface area contributed by atoms with Crippen LogP contribution in [-0.2, 0) is 13.0 Å². The highest BCUT2D eigenvalue weighted by Crippen LogP contribution is 2.40. The van der Waals surface area contributed by atoms with Crippen molar-refractivity contribution in [2.45, 2.75) is 19.9 Å². The van der Waals surface area contributed by atoms with Crippen molar-refractivity contribution in [3.63, 3.8) is 0 Å². The SMILES string of the molecule is CCc1c(CN)c(Cl)cc2c1OCCO2. The van der Waals surface area contributed by atoms with Crippen molar-refractivity contribution in [3.05, 3.63) is 22.2 Å². The predicted octanol–water partition coefficient (Wildman–Crippen LogP) is 2.13. The first-order chi connectivity index (χ1) is 7.27. The van der Waals surface area contributed by atoms with Crippen molar-refractivity contribution in [2.75, 3.05) is 13.2 Å². The molecule has 1 aliphatic rings. The third kappa shape index (κ3) is 1.77. The number of hydrogen-bond acceptors (Lipinski definition) is 3. The Morgan fingerprint density at radius 3 is 2.73 bits per heavy atom. The molecule has 15 heavy (non-hydrogen) atoms. The molecule has 0 radical (unpaired) electrons. The number of rotatable bonds is 2. The third-order valence-electron chi connectivity index (χ3n) is 2.55. The summed E-state index contributed by atoms with van der Waals surface area (Å²) in [5.41, 5.74) is 7.71. The van der Waals surface area contributed by atoms with Gasteiger partial charge in [0.2, 0.25) is 0 Å². The Kier molecular flexibility index (Phi) is 3.03. The van der Waals surface area contributed by atoms with Crippen LogP contribution >= 0.6 is 11.6 Å². The van der Waals surface area contributed by atoms with Crippen LogP contribution in [0, 0.1) is 0 Å². The average molecular weight is 228 g/mol. The number of halogens is 1. The molecule has 0 bridgehead atoms. The van der Waals surface area contributed by atoms with Gasteiger partial charge in [-0.1, -0.05) is 18.5 Å². The zero-order valence-electron chi connectivity index (χ0n) is 8.68. The summed E-state index contributed by atoms with van der Waals surface area (Å²) < 4.78 is 11.1. The van der Waals surface area contributed by atoms with E-state index >= 15 is 0 Å². The lowest BCUT2D eigenvalue weighted by Crippen LogP contribution is -2.18. The molecule has 0 atom stereocenters. The zero-order valence-corrected chi connectivity index (χ0v) is 9.43. The number of ether oxygens (including phenoxy) is 2. The Morgan fingerprint density at radius 1 is 1.33 bits per heavy atom. The lowest BCUT2D eigenvalue weighted by atomic mass is 10.0. The molecule has 0 saturated heterocycles. The summed E-state index contributed by atoms with van der Waals surface area (Å²) in [5, 5.41) is 0.665. The second-order valence-electron chi connectivity index (χ2n) is 3.40. The Balaban J connectivity index is 2.59. The van der Waals surface area contributed by atoms with E-state index in [1.807, 2.05) is 0 Å². The van der Waals surface area contributed by atoms with Crippen LogP contribution in [0.5, 0.6) is 11.5 Å². The van der Waals surface area contributed by atoms with Crippen LogP contribution in [0.4, 0.5) is 0 Å². The lowest BCUT2D eigenvalue weighted by molar-refractivity contribution is 0.170. The summed E-state index contributed by atoms with van der Waals surface area (Å²) in [6.45, 7) is 3.65. The summed E-state index contributed by atoms with van der Waals surface area (Å²) in [4.78, 5) is 0. The molecule has 1 aliphatic heterocycles. The molecule has 1 heterocycles. The highest BCUT2D eigenvalue weighted by atomic mass is 35.5. The molecule has 82 valence electrons. The second kappa shape index (κ2) is 4.29. The normalized spacial score (nSPS) is 14.1. The molecule has 0 saturated carbocycles. The predicted molar refractivity (Wildman–Crippen MR) is 59.7 cm³/mol. The standard InChI is InChI=1S/C11H14ClNO2/c1-2-7-8(6-13)9(12)5-10-11(7)15-4-3-14-10/h5H,2-4,6,13H2,1H3. The molecule has 0 unspecified atom stereocenters. The van der Waals surface area contributed by atoms with Crippen molar-refractivity contribution in [2.24, 2.45) is 5.73 Å². The highest BCUT2D eigenvalue weighted by molar-refractivity contribution is 6.31. The van der Waals surface area contributed by atoms with Gasteiger partial charge < -0.3 is 15.2 Å². The van der Waals surface area contributed by atoms with Crippen LogP contribution in [0.3, 0.4) is 0 Å². The van der Waals surface area contributed by atoms with Crippen molar-refractivity contribution in [1.82, 2.24) is 0 Å². The Labute approximate surface area is 94.1 Å². The van der Waals surface area contributed by atoms with Crippen molar-refractivity contribution in [1.29, 1.82) is 0 Å².